The summed E-state index contributed by atoms with van der Waals surface area (Å²) >= 11 is 0. The van der Waals surface area contributed by atoms with E-state index in [1.807, 2.05) is 13.0 Å². The highest BCUT2D eigenvalue weighted by Gasteiger charge is 2.16. The van der Waals surface area contributed by atoms with E-state index in [1.54, 1.807) is 43.6 Å². The van der Waals surface area contributed by atoms with E-state index in [9.17, 15) is 4.39 Å². The third kappa shape index (κ3) is 3.22. The van der Waals surface area contributed by atoms with E-state index in [0.717, 1.165) is 5.39 Å². The van der Waals surface area contributed by atoms with Gasteiger partial charge in [-0.05, 0) is 36.8 Å². The smallest absolute Gasteiger partial charge is 0.181 e. The highest BCUT2D eigenvalue weighted by atomic mass is 19.1. The summed E-state index contributed by atoms with van der Waals surface area (Å²) in [4.78, 5) is 17.4. The molecule has 1 N–H and O–H groups in total. The predicted molar refractivity (Wildman–Crippen MR) is 107 cm³/mol. The minimum atomic E-state index is -0.297. The summed E-state index contributed by atoms with van der Waals surface area (Å²) in [6.07, 6.45) is 3.09. The molecule has 28 heavy (non-hydrogen) atoms. The lowest BCUT2D eigenvalue weighted by Gasteiger charge is -2.14. The molecule has 0 fully saturated rings. The number of nitrogens with zero attached hydrogens (tertiary/aromatic N) is 4. The Morgan fingerprint density at radius 3 is 2.68 bits per heavy atom. The standard InChI is InChI=1S/C21H18FN5O/c1-3-28-18-11-13(14-6-4-5-7-16(14)22)10-15-19(18)26-21(27-20(15)23-2)17-8-9-24-12-25-17/h4-12H,3H2,1-2H3,(H,23,26,27). The van der Waals surface area contributed by atoms with Crippen LogP contribution in [0.15, 0.2) is 55.0 Å². The Kier molecular flexibility index (Phi) is 4.80. The van der Waals surface area contributed by atoms with Crippen molar-refractivity contribution < 1.29 is 9.13 Å². The molecule has 2 aromatic carbocycles. The van der Waals surface area contributed by atoms with Gasteiger partial charge < -0.3 is 10.1 Å². The van der Waals surface area contributed by atoms with Gasteiger partial charge in [0.25, 0.3) is 0 Å². The Balaban J connectivity index is 2.00. The quantitative estimate of drug-likeness (QED) is 0.560. The molecule has 0 bridgehead atoms. The summed E-state index contributed by atoms with van der Waals surface area (Å²) in [6, 6.07) is 12.1. The fraction of sp³-hybridized carbons (Fsp3) is 0.143. The van der Waals surface area contributed by atoms with Crippen LogP contribution >= 0.6 is 0 Å². The molecule has 0 radical (unpaired) electrons. The summed E-state index contributed by atoms with van der Waals surface area (Å²) in [5.41, 5.74) is 2.43. The van der Waals surface area contributed by atoms with Crippen LogP contribution in [0, 0.1) is 5.82 Å². The number of fused-ring (bicyclic) bond motifs is 1. The van der Waals surface area contributed by atoms with Crippen LogP contribution in [0.2, 0.25) is 0 Å². The van der Waals surface area contributed by atoms with Crippen molar-refractivity contribution in [3.63, 3.8) is 0 Å². The monoisotopic (exact) mass is 375 g/mol. The molecule has 0 aliphatic heterocycles. The summed E-state index contributed by atoms with van der Waals surface area (Å²) < 4.78 is 20.2. The Labute approximate surface area is 161 Å². The largest absolute Gasteiger partial charge is 0.492 e. The fourth-order valence-corrected chi connectivity index (χ4v) is 3.05. The Morgan fingerprint density at radius 2 is 1.96 bits per heavy atom. The van der Waals surface area contributed by atoms with E-state index < -0.39 is 0 Å². The van der Waals surface area contributed by atoms with Crippen molar-refractivity contribution in [3.8, 4) is 28.4 Å². The van der Waals surface area contributed by atoms with E-state index in [-0.39, 0.29) is 5.82 Å². The first-order valence-corrected chi connectivity index (χ1v) is 8.89. The van der Waals surface area contributed by atoms with Crippen molar-refractivity contribution in [2.75, 3.05) is 19.0 Å². The third-order valence-electron chi connectivity index (χ3n) is 4.30. The molecule has 4 aromatic rings. The lowest BCUT2D eigenvalue weighted by molar-refractivity contribution is 0.344. The van der Waals surface area contributed by atoms with Crippen molar-refractivity contribution in [1.82, 2.24) is 19.9 Å². The molecule has 7 heteroatoms. The SMILES string of the molecule is CCOc1cc(-c2ccccc2F)cc2c(NC)nc(-c3ccncn3)nc12. The van der Waals surface area contributed by atoms with E-state index in [4.69, 9.17) is 4.74 Å². The molecule has 0 saturated carbocycles. The zero-order valence-electron chi connectivity index (χ0n) is 15.5. The second-order valence-corrected chi connectivity index (χ2v) is 6.02. The first-order valence-electron chi connectivity index (χ1n) is 8.89. The van der Waals surface area contributed by atoms with Gasteiger partial charge >= 0.3 is 0 Å². The minimum absolute atomic E-state index is 0.297. The van der Waals surface area contributed by atoms with E-state index in [1.165, 1.54) is 12.4 Å². The lowest BCUT2D eigenvalue weighted by atomic mass is 10.0. The predicted octanol–water partition coefficient (Wildman–Crippen LogP) is 4.33. The van der Waals surface area contributed by atoms with Gasteiger partial charge in [-0.2, -0.15) is 0 Å². The first-order chi connectivity index (χ1) is 13.7. The van der Waals surface area contributed by atoms with Crippen molar-refractivity contribution in [3.05, 3.63) is 60.8 Å². The normalized spacial score (nSPS) is 10.8. The number of hydrogen-bond acceptors (Lipinski definition) is 6. The Bertz CT molecular complexity index is 1130. The topological polar surface area (TPSA) is 72.8 Å². The summed E-state index contributed by atoms with van der Waals surface area (Å²) in [5.74, 6) is 1.33. The number of anilines is 1. The highest BCUT2D eigenvalue weighted by Crippen LogP contribution is 2.36. The summed E-state index contributed by atoms with van der Waals surface area (Å²) in [6.45, 7) is 2.35. The van der Waals surface area contributed by atoms with Crippen LogP contribution in [0.1, 0.15) is 6.92 Å². The van der Waals surface area contributed by atoms with Gasteiger partial charge in [0, 0.05) is 24.2 Å². The summed E-state index contributed by atoms with van der Waals surface area (Å²) in [7, 11) is 1.78. The molecule has 6 nitrogen and oxygen atoms in total. The van der Waals surface area contributed by atoms with Crippen LogP contribution in [0.3, 0.4) is 0 Å². The van der Waals surface area contributed by atoms with Crippen molar-refractivity contribution >= 4 is 16.7 Å². The molecule has 0 amide bonds. The van der Waals surface area contributed by atoms with Gasteiger partial charge in [0.1, 0.15) is 34.9 Å². The number of ether oxygens (including phenoxy) is 1. The first kappa shape index (κ1) is 17.8. The number of hydrogen-bond donors (Lipinski definition) is 1. The minimum Gasteiger partial charge on any atom is -0.492 e. The molecule has 140 valence electrons. The molecular formula is C21H18FN5O. The average molecular weight is 375 g/mol. The molecule has 0 aliphatic rings. The Morgan fingerprint density at radius 1 is 1.11 bits per heavy atom. The van der Waals surface area contributed by atoms with Gasteiger partial charge in [-0.15, -0.1) is 0 Å². The molecule has 2 heterocycles. The van der Waals surface area contributed by atoms with E-state index in [0.29, 0.717) is 46.3 Å². The number of aromatic nitrogens is 4. The van der Waals surface area contributed by atoms with Crippen LogP contribution in [-0.4, -0.2) is 33.6 Å². The molecule has 0 unspecified atom stereocenters. The second kappa shape index (κ2) is 7.56. The van der Waals surface area contributed by atoms with Crippen molar-refractivity contribution in [2.24, 2.45) is 0 Å². The van der Waals surface area contributed by atoms with Crippen LogP contribution in [-0.2, 0) is 0 Å². The summed E-state index contributed by atoms with van der Waals surface area (Å²) in [5, 5.41) is 3.84. The van der Waals surface area contributed by atoms with Crippen LogP contribution in [0.4, 0.5) is 10.2 Å². The molecule has 0 spiro atoms. The number of nitrogens with one attached hydrogen (secondary N) is 1. The molecule has 0 aliphatic carbocycles. The van der Waals surface area contributed by atoms with Gasteiger partial charge in [0.15, 0.2) is 5.82 Å². The van der Waals surface area contributed by atoms with Crippen molar-refractivity contribution in [2.45, 2.75) is 6.92 Å². The van der Waals surface area contributed by atoms with Crippen LogP contribution in [0.25, 0.3) is 33.5 Å². The zero-order valence-corrected chi connectivity index (χ0v) is 15.5. The molecule has 2 aromatic heterocycles. The molecule has 0 atom stereocenters. The molecule has 4 rings (SSSR count). The van der Waals surface area contributed by atoms with Crippen LogP contribution < -0.4 is 10.1 Å². The van der Waals surface area contributed by atoms with E-state index >= 15 is 0 Å². The molecular weight excluding hydrogens is 357 g/mol. The zero-order chi connectivity index (χ0) is 19.5. The van der Waals surface area contributed by atoms with Gasteiger partial charge in [-0.25, -0.2) is 24.3 Å². The maximum absolute atomic E-state index is 14.4. The van der Waals surface area contributed by atoms with Gasteiger partial charge in [0.2, 0.25) is 0 Å². The Hall–Kier alpha value is -3.61. The maximum atomic E-state index is 14.4. The fourth-order valence-electron chi connectivity index (χ4n) is 3.05. The van der Waals surface area contributed by atoms with Crippen LogP contribution in [0.5, 0.6) is 5.75 Å². The number of halogens is 1. The third-order valence-corrected chi connectivity index (χ3v) is 4.30. The number of benzene rings is 2. The molecule has 0 saturated heterocycles. The average Bonchev–Trinajstić information content (AvgIpc) is 2.74. The van der Waals surface area contributed by atoms with Gasteiger partial charge in [-0.3, -0.25) is 0 Å². The number of rotatable bonds is 5. The van der Waals surface area contributed by atoms with Gasteiger partial charge in [0.05, 0.1) is 6.61 Å². The lowest BCUT2D eigenvalue weighted by Crippen LogP contribution is -2.02. The van der Waals surface area contributed by atoms with Gasteiger partial charge in [-0.1, -0.05) is 18.2 Å². The second-order valence-electron chi connectivity index (χ2n) is 6.02. The highest BCUT2D eigenvalue weighted by molar-refractivity contribution is 5.97. The maximum Gasteiger partial charge on any atom is 0.181 e. The van der Waals surface area contributed by atoms with E-state index in [2.05, 4.69) is 25.3 Å². The van der Waals surface area contributed by atoms with Crippen molar-refractivity contribution in [1.29, 1.82) is 0 Å².